The van der Waals surface area contributed by atoms with Crippen molar-refractivity contribution in [3.63, 3.8) is 0 Å². The fraction of sp³-hybridized carbons (Fsp3) is 0.625. The Kier molecular flexibility index (Phi) is 2.88. The van der Waals surface area contributed by atoms with E-state index in [2.05, 4.69) is 13.0 Å². The normalized spacial score (nSPS) is 36.9. The highest BCUT2D eigenvalue weighted by Gasteiger charge is 2.51. The minimum absolute atomic E-state index is 0.0612. The van der Waals surface area contributed by atoms with E-state index in [4.69, 9.17) is 10.5 Å². The predicted molar refractivity (Wildman–Crippen MR) is 75.3 cm³/mol. The number of nitrogens with two attached hydrogens (primary N) is 1. The number of phenolic OH excluding ortho intramolecular Hbond substituents is 1. The first kappa shape index (κ1) is 12.9. The largest absolute Gasteiger partial charge is 0.508 e. The molecule has 19 heavy (non-hydrogen) atoms. The van der Waals surface area contributed by atoms with E-state index in [-0.39, 0.29) is 16.9 Å². The number of phenols is 1. The molecule has 3 rings (SSSR count). The topological polar surface area (TPSA) is 55.5 Å². The number of ether oxygens (including phenoxy) is 1. The smallest absolute Gasteiger partial charge is 0.115 e. The lowest BCUT2D eigenvalue weighted by atomic mass is 9.52. The van der Waals surface area contributed by atoms with Crippen LogP contribution in [0.1, 0.15) is 37.3 Å². The SMILES string of the molecule is COC[C@]12Cc3ccc(O)cc3C(C)(CC[C@@H]1N)C2. The maximum Gasteiger partial charge on any atom is 0.115 e. The number of hydrogen-bond acceptors (Lipinski definition) is 3. The van der Waals surface area contributed by atoms with Gasteiger partial charge < -0.3 is 15.6 Å². The molecule has 0 saturated heterocycles. The Hall–Kier alpha value is -1.06. The van der Waals surface area contributed by atoms with E-state index in [0.29, 0.717) is 5.75 Å². The third kappa shape index (κ3) is 1.87. The average Bonchev–Trinajstić information content (AvgIpc) is 2.36. The second-order valence-electron chi connectivity index (χ2n) is 6.70. The van der Waals surface area contributed by atoms with Crippen LogP contribution in [0.2, 0.25) is 0 Å². The van der Waals surface area contributed by atoms with Gasteiger partial charge in [0.2, 0.25) is 0 Å². The van der Waals surface area contributed by atoms with Gasteiger partial charge in [-0.1, -0.05) is 13.0 Å². The van der Waals surface area contributed by atoms with Gasteiger partial charge in [0, 0.05) is 18.6 Å². The summed E-state index contributed by atoms with van der Waals surface area (Å²) in [4.78, 5) is 0. The molecular formula is C16H23NO2. The van der Waals surface area contributed by atoms with E-state index in [0.717, 1.165) is 32.3 Å². The number of fused-ring (bicyclic) bond motifs is 4. The summed E-state index contributed by atoms with van der Waals surface area (Å²) < 4.78 is 5.48. The predicted octanol–water partition coefficient (Wildman–Crippen LogP) is 2.35. The van der Waals surface area contributed by atoms with Crippen molar-refractivity contribution in [2.45, 2.75) is 44.1 Å². The maximum atomic E-state index is 9.77. The summed E-state index contributed by atoms with van der Waals surface area (Å²) in [6.45, 7) is 3.03. The van der Waals surface area contributed by atoms with E-state index >= 15 is 0 Å². The summed E-state index contributed by atoms with van der Waals surface area (Å²) in [6, 6.07) is 6.00. The molecule has 104 valence electrons. The summed E-state index contributed by atoms with van der Waals surface area (Å²) in [5.74, 6) is 0.370. The van der Waals surface area contributed by atoms with Gasteiger partial charge in [0.05, 0.1) is 6.61 Å². The molecule has 1 unspecified atom stereocenters. The van der Waals surface area contributed by atoms with Crippen molar-refractivity contribution in [3.8, 4) is 5.75 Å². The van der Waals surface area contributed by atoms with Crippen LogP contribution in [0.4, 0.5) is 0 Å². The first-order chi connectivity index (χ1) is 8.99. The Morgan fingerprint density at radius 3 is 3.00 bits per heavy atom. The molecule has 1 aromatic carbocycles. The van der Waals surface area contributed by atoms with Crippen molar-refractivity contribution in [1.29, 1.82) is 0 Å². The van der Waals surface area contributed by atoms with Crippen molar-refractivity contribution >= 4 is 0 Å². The maximum absolute atomic E-state index is 9.77. The van der Waals surface area contributed by atoms with E-state index in [1.807, 2.05) is 6.07 Å². The second-order valence-corrected chi connectivity index (χ2v) is 6.70. The highest BCUT2D eigenvalue weighted by molar-refractivity contribution is 5.44. The van der Waals surface area contributed by atoms with Crippen LogP contribution in [-0.2, 0) is 16.6 Å². The molecule has 3 atom stereocenters. The minimum Gasteiger partial charge on any atom is -0.508 e. The van der Waals surface area contributed by atoms with Gasteiger partial charge in [-0.15, -0.1) is 0 Å². The van der Waals surface area contributed by atoms with E-state index in [1.165, 1.54) is 11.1 Å². The summed E-state index contributed by atoms with van der Waals surface area (Å²) in [5, 5.41) is 9.77. The van der Waals surface area contributed by atoms with Gasteiger partial charge in [0.25, 0.3) is 0 Å². The fourth-order valence-electron chi connectivity index (χ4n) is 4.36. The molecule has 0 spiro atoms. The van der Waals surface area contributed by atoms with Crippen LogP contribution < -0.4 is 5.73 Å². The van der Waals surface area contributed by atoms with Crippen LogP contribution in [0.15, 0.2) is 18.2 Å². The molecule has 0 heterocycles. The van der Waals surface area contributed by atoms with Gasteiger partial charge in [-0.2, -0.15) is 0 Å². The van der Waals surface area contributed by atoms with Gasteiger partial charge in [-0.25, -0.2) is 0 Å². The number of hydrogen-bond donors (Lipinski definition) is 2. The molecule has 0 aliphatic heterocycles. The highest BCUT2D eigenvalue weighted by Crippen LogP contribution is 2.54. The van der Waals surface area contributed by atoms with Gasteiger partial charge in [-0.05, 0) is 54.4 Å². The second kappa shape index (κ2) is 4.22. The Morgan fingerprint density at radius 1 is 1.47 bits per heavy atom. The van der Waals surface area contributed by atoms with Crippen molar-refractivity contribution < 1.29 is 9.84 Å². The molecule has 2 bridgehead atoms. The molecule has 0 radical (unpaired) electrons. The molecule has 0 aromatic heterocycles. The zero-order valence-corrected chi connectivity index (χ0v) is 11.8. The molecule has 3 nitrogen and oxygen atoms in total. The van der Waals surface area contributed by atoms with Crippen LogP contribution in [0, 0.1) is 5.41 Å². The highest BCUT2D eigenvalue weighted by atomic mass is 16.5. The minimum atomic E-state index is 0.0612. The van der Waals surface area contributed by atoms with E-state index in [9.17, 15) is 5.11 Å². The van der Waals surface area contributed by atoms with Crippen LogP contribution in [0.5, 0.6) is 5.75 Å². The fourth-order valence-corrected chi connectivity index (χ4v) is 4.36. The lowest BCUT2D eigenvalue weighted by Crippen LogP contribution is -2.56. The van der Waals surface area contributed by atoms with Crippen molar-refractivity contribution in [2.24, 2.45) is 11.1 Å². The Bertz CT molecular complexity index is 502. The van der Waals surface area contributed by atoms with Crippen LogP contribution in [-0.4, -0.2) is 24.9 Å². The third-order valence-corrected chi connectivity index (χ3v) is 5.25. The van der Waals surface area contributed by atoms with Gasteiger partial charge in [0.15, 0.2) is 0 Å². The molecule has 3 N–H and O–H groups in total. The number of aromatic hydroxyl groups is 1. The monoisotopic (exact) mass is 261 g/mol. The molecule has 3 heteroatoms. The first-order valence-electron chi connectivity index (χ1n) is 7.06. The Balaban J connectivity index is 2.11. The van der Waals surface area contributed by atoms with E-state index in [1.54, 1.807) is 13.2 Å². The quantitative estimate of drug-likeness (QED) is 0.859. The molecule has 1 fully saturated rings. The van der Waals surface area contributed by atoms with Crippen molar-refractivity contribution in [2.75, 3.05) is 13.7 Å². The molecule has 1 aromatic rings. The zero-order valence-electron chi connectivity index (χ0n) is 11.8. The van der Waals surface area contributed by atoms with Gasteiger partial charge >= 0.3 is 0 Å². The van der Waals surface area contributed by atoms with Crippen LogP contribution in [0.25, 0.3) is 0 Å². The van der Waals surface area contributed by atoms with Crippen molar-refractivity contribution in [1.82, 2.24) is 0 Å². The third-order valence-electron chi connectivity index (χ3n) is 5.25. The average molecular weight is 261 g/mol. The lowest BCUT2D eigenvalue weighted by molar-refractivity contribution is -0.00280. The summed E-state index contributed by atoms with van der Waals surface area (Å²) in [6.07, 6.45) is 4.16. The van der Waals surface area contributed by atoms with Crippen LogP contribution >= 0.6 is 0 Å². The zero-order chi connectivity index (χ0) is 13.7. The summed E-state index contributed by atoms with van der Waals surface area (Å²) >= 11 is 0. The molecule has 2 aliphatic rings. The number of rotatable bonds is 2. The summed E-state index contributed by atoms with van der Waals surface area (Å²) in [5.41, 5.74) is 9.25. The standard InChI is InChI=1S/C16H23NO2/c1-15-6-5-14(17)16(9-15,10-19-2)8-11-3-4-12(18)7-13(11)15/h3-4,7,14,18H,5-6,8-10,17H2,1-2H3/t14-,15?,16+/m0/s1. The van der Waals surface area contributed by atoms with Gasteiger partial charge in [0.1, 0.15) is 5.75 Å². The van der Waals surface area contributed by atoms with Crippen molar-refractivity contribution in [3.05, 3.63) is 29.3 Å². The number of methoxy groups -OCH3 is 1. The van der Waals surface area contributed by atoms with Crippen LogP contribution in [0.3, 0.4) is 0 Å². The molecular weight excluding hydrogens is 238 g/mol. The molecule has 1 saturated carbocycles. The first-order valence-corrected chi connectivity index (χ1v) is 7.06. The Labute approximate surface area is 114 Å². The Morgan fingerprint density at radius 2 is 2.26 bits per heavy atom. The van der Waals surface area contributed by atoms with E-state index < -0.39 is 0 Å². The summed E-state index contributed by atoms with van der Waals surface area (Å²) in [7, 11) is 1.76. The molecule has 2 aliphatic carbocycles. The molecule has 0 amide bonds. The number of benzene rings is 1. The lowest BCUT2D eigenvalue weighted by Gasteiger charge is -2.54. The van der Waals surface area contributed by atoms with Gasteiger partial charge in [-0.3, -0.25) is 0 Å².